The summed E-state index contributed by atoms with van der Waals surface area (Å²) in [6, 6.07) is 4.96. The first-order valence-corrected chi connectivity index (χ1v) is 6.82. The van der Waals surface area contributed by atoms with Crippen LogP contribution in [0.3, 0.4) is 0 Å². The highest BCUT2D eigenvalue weighted by Gasteiger charge is 2.19. The minimum atomic E-state index is -0.683. The van der Waals surface area contributed by atoms with Crippen LogP contribution in [0.5, 0.6) is 11.5 Å². The number of amides is 2. The van der Waals surface area contributed by atoms with Gasteiger partial charge in [0.2, 0.25) is 0 Å². The maximum atomic E-state index is 12.0. The second kappa shape index (κ2) is 8.14. The van der Waals surface area contributed by atoms with Crippen molar-refractivity contribution < 1.29 is 19.1 Å². The van der Waals surface area contributed by atoms with Crippen molar-refractivity contribution in [3.63, 3.8) is 0 Å². The lowest BCUT2D eigenvalue weighted by Crippen LogP contribution is -2.37. The molecule has 0 spiro atoms. The second-order valence-electron chi connectivity index (χ2n) is 4.60. The van der Waals surface area contributed by atoms with Crippen LogP contribution in [0.1, 0.15) is 19.8 Å². The maximum absolute atomic E-state index is 12.0. The van der Waals surface area contributed by atoms with Crippen LogP contribution in [0.25, 0.3) is 0 Å². The molecule has 0 aliphatic heterocycles. The molecular formula is C15H22N2O4. The topological polar surface area (TPSA) is 67.9 Å². The van der Waals surface area contributed by atoms with Gasteiger partial charge in [-0.1, -0.05) is 13.3 Å². The zero-order valence-corrected chi connectivity index (χ0v) is 12.9. The van der Waals surface area contributed by atoms with E-state index in [4.69, 9.17) is 9.47 Å². The molecule has 1 rings (SSSR count). The average molecular weight is 294 g/mol. The van der Waals surface area contributed by atoms with Crippen LogP contribution in [0.15, 0.2) is 18.2 Å². The predicted octanol–water partition coefficient (Wildman–Crippen LogP) is 1.90. The molecule has 6 heteroatoms. The van der Waals surface area contributed by atoms with E-state index in [1.807, 2.05) is 6.92 Å². The summed E-state index contributed by atoms with van der Waals surface area (Å²) >= 11 is 0. The molecular weight excluding hydrogens is 272 g/mol. The van der Waals surface area contributed by atoms with Gasteiger partial charge >= 0.3 is 11.8 Å². The fourth-order valence-electron chi connectivity index (χ4n) is 1.75. The molecule has 0 aliphatic rings. The first-order chi connectivity index (χ1) is 10.0. The van der Waals surface area contributed by atoms with Crippen molar-refractivity contribution in [3.8, 4) is 11.5 Å². The number of methoxy groups -OCH3 is 2. The van der Waals surface area contributed by atoms with Gasteiger partial charge in [-0.05, 0) is 18.6 Å². The van der Waals surface area contributed by atoms with E-state index in [0.717, 1.165) is 12.8 Å². The number of carbonyl (C=O) groups is 2. The van der Waals surface area contributed by atoms with Crippen LogP contribution in [0.2, 0.25) is 0 Å². The lowest BCUT2D eigenvalue weighted by atomic mass is 10.2. The predicted molar refractivity (Wildman–Crippen MR) is 80.7 cm³/mol. The van der Waals surface area contributed by atoms with Gasteiger partial charge in [0.1, 0.15) is 11.5 Å². The average Bonchev–Trinajstić information content (AvgIpc) is 2.51. The zero-order chi connectivity index (χ0) is 15.8. The number of ether oxygens (including phenoxy) is 2. The summed E-state index contributed by atoms with van der Waals surface area (Å²) in [6.07, 6.45) is 1.83. The van der Waals surface area contributed by atoms with Crippen LogP contribution < -0.4 is 14.8 Å². The van der Waals surface area contributed by atoms with Gasteiger partial charge in [-0.25, -0.2) is 0 Å². The van der Waals surface area contributed by atoms with Gasteiger partial charge in [0.15, 0.2) is 0 Å². The van der Waals surface area contributed by atoms with E-state index >= 15 is 0 Å². The highest BCUT2D eigenvalue weighted by Crippen LogP contribution is 2.28. The van der Waals surface area contributed by atoms with E-state index in [0.29, 0.717) is 23.7 Å². The zero-order valence-electron chi connectivity index (χ0n) is 12.9. The molecule has 0 unspecified atom stereocenters. The Hall–Kier alpha value is -2.24. The van der Waals surface area contributed by atoms with Crippen molar-refractivity contribution in [1.29, 1.82) is 0 Å². The van der Waals surface area contributed by atoms with Crippen LogP contribution in [0.4, 0.5) is 5.69 Å². The Labute approximate surface area is 125 Å². The van der Waals surface area contributed by atoms with Gasteiger partial charge < -0.3 is 19.7 Å². The Bertz CT molecular complexity index is 502. The van der Waals surface area contributed by atoms with Gasteiger partial charge in [-0.3, -0.25) is 9.59 Å². The summed E-state index contributed by atoms with van der Waals surface area (Å²) in [4.78, 5) is 25.3. The van der Waals surface area contributed by atoms with E-state index in [2.05, 4.69) is 5.32 Å². The minimum Gasteiger partial charge on any atom is -0.497 e. The highest BCUT2D eigenvalue weighted by atomic mass is 16.5. The van der Waals surface area contributed by atoms with E-state index in [1.165, 1.54) is 12.0 Å². The van der Waals surface area contributed by atoms with Crippen molar-refractivity contribution in [2.24, 2.45) is 0 Å². The molecule has 0 atom stereocenters. The van der Waals surface area contributed by atoms with Crippen LogP contribution in [0, 0.1) is 0 Å². The quantitative estimate of drug-likeness (QED) is 0.814. The lowest BCUT2D eigenvalue weighted by Gasteiger charge is -2.17. The number of benzene rings is 1. The Morgan fingerprint density at radius 1 is 1.24 bits per heavy atom. The summed E-state index contributed by atoms with van der Waals surface area (Å²) < 4.78 is 10.3. The number of hydrogen-bond donors (Lipinski definition) is 1. The molecule has 0 heterocycles. The monoisotopic (exact) mass is 294 g/mol. The fourth-order valence-corrected chi connectivity index (χ4v) is 1.75. The van der Waals surface area contributed by atoms with Crippen LogP contribution >= 0.6 is 0 Å². The highest BCUT2D eigenvalue weighted by molar-refractivity contribution is 6.39. The minimum absolute atomic E-state index is 0.431. The Kier molecular flexibility index (Phi) is 6.52. The number of nitrogens with zero attached hydrogens (tertiary/aromatic N) is 1. The van der Waals surface area contributed by atoms with Crippen molar-refractivity contribution in [2.75, 3.05) is 33.1 Å². The number of rotatable bonds is 6. The number of likely N-dealkylation sites (N-methyl/N-ethyl adjacent to an activating group) is 1. The molecule has 0 fully saturated rings. The van der Waals surface area contributed by atoms with Gasteiger partial charge in [0.25, 0.3) is 0 Å². The van der Waals surface area contributed by atoms with Gasteiger partial charge in [0.05, 0.1) is 19.9 Å². The molecule has 1 N–H and O–H groups in total. The Balaban J connectivity index is 2.76. The van der Waals surface area contributed by atoms with Gasteiger partial charge in [-0.15, -0.1) is 0 Å². The summed E-state index contributed by atoms with van der Waals surface area (Å²) in [5, 5.41) is 2.56. The number of carbonyl (C=O) groups excluding carboxylic acids is 2. The van der Waals surface area contributed by atoms with Crippen molar-refractivity contribution in [1.82, 2.24) is 4.90 Å². The molecule has 0 radical (unpaired) electrons. The SMILES string of the molecule is CCCCN(C)C(=O)C(=O)Nc1ccc(OC)cc1OC. The van der Waals surface area contributed by atoms with E-state index in [1.54, 1.807) is 32.4 Å². The van der Waals surface area contributed by atoms with Crippen molar-refractivity contribution >= 4 is 17.5 Å². The van der Waals surface area contributed by atoms with Crippen molar-refractivity contribution in [3.05, 3.63) is 18.2 Å². The second-order valence-corrected chi connectivity index (χ2v) is 4.60. The molecule has 1 aromatic rings. The third-order valence-electron chi connectivity index (χ3n) is 3.04. The summed E-state index contributed by atoms with van der Waals surface area (Å²) in [6.45, 7) is 2.59. The van der Waals surface area contributed by atoms with Gasteiger partial charge in [0, 0.05) is 19.7 Å². The molecule has 21 heavy (non-hydrogen) atoms. The normalized spacial score (nSPS) is 9.90. The first kappa shape index (κ1) is 16.8. The smallest absolute Gasteiger partial charge is 0.313 e. The fraction of sp³-hybridized carbons (Fsp3) is 0.467. The van der Waals surface area contributed by atoms with E-state index in [-0.39, 0.29) is 0 Å². The number of anilines is 1. The molecule has 1 aromatic carbocycles. The molecule has 2 amide bonds. The molecule has 0 bridgehead atoms. The molecule has 6 nitrogen and oxygen atoms in total. The number of nitrogens with one attached hydrogen (secondary N) is 1. The largest absolute Gasteiger partial charge is 0.497 e. The van der Waals surface area contributed by atoms with Crippen LogP contribution in [-0.4, -0.2) is 44.5 Å². The number of hydrogen-bond acceptors (Lipinski definition) is 4. The number of unbranched alkanes of at least 4 members (excludes halogenated alkanes) is 1. The van der Waals surface area contributed by atoms with Gasteiger partial charge in [-0.2, -0.15) is 0 Å². The standard InChI is InChI=1S/C15H22N2O4/c1-5-6-9-17(2)15(19)14(18)16-12-8-7-11(20-3)10-13(12)21-4/h7-8,10H,5-6,9H2,1-4H3,(H,16,18). The molecule has 0 saturated carbocycles. The van der Waals surface area contributed by atoms with E-state index < -0.39 is 11.8 Å². The lowest BCUT2D eigenvalue weighted by molar-refractivity contribution is -0.142. The summed E-state index contributed by atoms with van der Waals surface area (Å²) in [5.41, 5.74) is 0.431. The third-order valence-corrected chi connectivity index (χ3v) is 3.04. The van der Waals surface area contributed by atoms with Crippen LogP contribution in [-0.2, 0) is 9.59 Å². The van der Waals surface area contributed by atoms with Crippen molar-refractivity contribution in [2.45, 2.75) is 19.8 Å². The third kappa shape index (κ3) is 4.66. The Morgan fingerprint density at radius 2 is 1.95 bits per heavy atom. The maximum Gasteiger partial charge on any atom is 0.313 e. The van der Waals surface area contributed by atoms with E-state index in [9.17, 15) is 9.59 Å². The Morgan fingerprint density at radius 3 is 2.52 bits per heavy atom. The molecule has 116 valence electrons. The first-order valence-electron chi connectivity index (χ1n) is 6.82. The molecule has 0 aromatic heterocycles. The summed E-state index contributed by atoms with van der Waals surface area (Å²) in [5.74, 6) is -0.207. The molecule has 0 saturated heterocycles. The molecule has 0 aliphatic carbocycles. The summed E-state index contributed by atoms with van der Waals surface area (Å²) in [7, 11) is 4.64.